The third-order valence-electron chi connectivity index (χ3n) is 14.3. The molecule has 1 aliphatic carbocycles. The van der Waals surface area contributed by atoms with E-state index in [9.17, 15) is 18.3 Å². The smallest absolute Gasteiger partial charge is 0.308 e. The van der Waals surface area contributed by atoms with Gasteiger partial charge in [-0.3, -0.25) is 4.79 Å². The number of aliphatic hydroxyl groups is 1. The Morgan fingerprint density at radius 1 is 0.836 bits per heavy atom. The van der Waals surface area contributed by atoms with Crippen LogP contribution in [0, 0.1) is 17.8 Å². The second-order valence-electron chi connectivity index (χ2n) is 18.4. The Hall–Kier alpha value is -1.46. The van der Waals surface area contributed by atoms with Gasteiger partial charge in [0.05, 0.1) is 61.0 Å². The summed E-state index contributed by atoms with van der Waals surface area (Å²) >= 11 is 0. The van der Waals surface area contributed by atoms with Gasteiger partial charge in [-0.2, -0.15) is 0 Å². The van der Waals surface area contributed by atoms with Crippen LogP contribution in [0.5, 0.6) is 0 Å². The second kappa shape index (κ2) is 15.0. The average molecular weight is 793 g/mol. The first-order valence-electron chi connectivity index (χ1n) is 20.8. The van der Waals surface area contributed by atoms with E-state index in [4.69, 9.17) is 42.6 Å². The van der Waals surface area contributed by atoms with Gasteiger partial charge in [0.25, 0.3) is 0 Å². The molecular weight excluding hydrogens is 733 g/mol. The number of sulfone groups is 1. The minimum Gasteiger partial charge on any atom is -0.457 e. The Kier molecular flexibility index (Phi) is 10.6. The lowest BCUT2D eigenvalue weighted by Gasteiger charge is -2.47. The number of hydrogen-bond acceptors (Lipinski definition) is 13. The highest BCUT2D eigenvalue weighted by Crippen LogP contribution is 2.54. The number of ether oxygens (including phenoxy) is 9. The minimum atomic E-state index is -3.44. The van der Waals surface area contributed by atoms with Crippen molar-refractivity contribution in [3.8, 4) is 0 Å². The predicted octanol–water partition coefficient (Wildman–Crippen LogP) is 3.73. The summed E-state index contributed by atoms with van der Waals surface area (Å²) in [6.45, 7) is 11.2. The Bertz CT molecular complexity index is 1600. The van der Waals surface area contributed by atoms with Crippen molar-refractivity contribution in [1.82, 2.24) is 0 Å². The molecule has 0 aromatic carbocycles. The lowest BCUT2D eigenvalue weighted by atomic mass is 9.69. The van der Waals surface area contributed by atoms with Crippen LogP contribution in [0.1, 0.15) is 90.4 Å². The number of methoxy groups -OCH3 is 1. The minimum absolute atomic E-state index is 0.00664. The second-order valence-corrected chi connectivity index (χ2v) is 20.6. The van der Waals surface area contributed by atoms with E-state index in [2.05, 4.69) is 20.1 Å². The van der Waals surface area contributed by atoms with Crippen LogP contribution in [0.4, 0.5) is 0 Å². The molecular formula is C41H60O13S. The Labute approximate surface area is 325 Å². The zero-order chi connectivity index (χ0) is 38.4. The van der Waals surface area contributed by atoms with Crippen LogP contribution in [-0.2, 0) is 57.3 Å². The summed E-state index contributed by atoms with van der Waals surface area (Å²) in [5, 5.41) is 10.8. The number of aliphatic hydroxyl groups excluding tert-OH is 1. The fraction of sp³-hybridized carbons (Fsp3) is 0.878. The summed E-state index contributed by atoms with van der Waals surface area (Å²) in [6.07, 6.45) is 3.78. The van der Waals surface area contributed by atoms with Crippen molar-refractivity contribution >= 4 is 15.8 Å². The molecule has 1 saturated carbocycles. The third kappa shape index (κ3) is 7.64. The molecule has 12 bridgehead atoms. The van der Waals surface area contributed by atoms with E-state index < -0.39 is 76.2 Å². The topological polar surface area (TPSA) is 155 Å². The summed E-state index contributed by atoms with van der Waals surface area (Å²) < 4.78 is 83.3. The number of esters is 1. The highest BCUT2D eigenvalue weighted by Gasteiger charge is 2.68. The monoisotopic (exact) mass is 792 g/mol. The Morgan fingerprint density at radius 2 is 1.60 bits per heavy atom. The maximum atomic E-state index is 13.9. The molecule has 0 aromatic heterocycles. The van der Waals surface area contributed by atoms with Crippen molar-refractivity contribution in [3.63, 3.8) is 0 Å². The van der Waals surface area contributed by atoms with Gasteiger partial charge < -0.3 is 47.7 Å². The van der Waals surface area contributed by atoms with Gasteiger partial charge in [-0.05, 0) is 81.1 Å². The van der Waals surface area contributed by atoms with Gasteiger partial charge in [0.2, 0.25) is 0 Å². The summed E-state index contributed by atoms with van der Waals surface area (Å²) in [7, 11) is -1.90. The summed E-state index contributed by atoms with van der Waals surface area (Å²) in [5.41, 5.74) is 2.31. The van der Waals surface area contributed by atoms with Gasteiger partial charge in [-0.25, -0.2) is 8.42 Å². The van der Waals surface area contributed by atoms with Crippen molar-refractivity contribution in [2.45, 2.75) is 188 Å². The molecule has 308 valence electrons. The number of rotatable bonds is 5. The Morgan fingerprint density at radius 3 is 2.40 bits per heavy atom. The molecule has 0 amide bonds. The van der Waals surface area contributed by atoms with Crippen molar-refractivity contribution in [2.24, 2.45) is 17.8 Å². The Balaban J connectivity index is 0.989. The molecule has 0 radical (unpaired) electrons. The number of allylic oxidation sites excluding steroid dienone is 1. The quantitative estimate of drug-likeness (QED) is 0.318. The SMILES string of the molecule is C=C1C[C@@H]2CC[C@@]34C[C@H]5O[C@H]6[C@@H](O3)[C@H]3O[C@H](CC[C@@H]3O[C@H]6[C@H]5O4)CC(=O)O[C@@H]3[C@@H](OC)[C@@H](C[C@H](O)CS(C)(=O)=O)O[C@H]3CC3C[C@@H](CCC1O2)C[C@@H](C)C3=C. The van der Waals surface area contributed by atoms with E-state index in [1.807, 2.05) is 0 Å². The van der Waals surface area contributed by atoms with Crippen LogP contribution >= 0.6 is 0 Å². The first-order valence-corrected chi connectivity index (χ1v) is 22.9. The highest BCUT2D eigenvalue weighted by molar-refractivity contribution is 7.90. The molecule has 19 atom stereocenters. The van der Waals surface area contributed by atoms with Crippen LogP contribution < -0.4 is 0 Å². The largest absolute Gasteiger partial charge is 0.457 e. The zero-order valence-corrected chi connectivity index (χ0v) is 33.3. The van der Waals surface area contributed by atoms with Crippen LogP contribution in [-0.4, -0.2) is 136 Å². The van der Waals surface area contributed by atoms with Crippen molar-refractivity contribution < 1.29 is 61.0 Å². The van der Waals surface area contributed by atoms with Gasteiger partial charge in [0.15, 0.2) is 11.9 Å². The standard InChI is InChI=1S/C41H60O13S/c1-20-12-23-6-8-28-21(2)13-27(47-28)10-11-41-18-32-37(53-41)38-39(51-32)40(54-41)35-29(50-38)9-7-26(48-35)17-33(43)52-36-30(15-24(14-23)22(20)3)49-31(34(36)46-4)16-25(42)19-55(5,44)45/h20,23-32,34-40,42H,2-3,6-19H2,1,4-5H3/t20-,23+,24?,25+,26-,27+,28?,29+,30+,31-,32-,34+,35+,36+,37+,38+,39-,40+,41+/m1/s1. The van der Waals surface area contributed by atoms with Gasteiger partial charge in [-0.1, -0.05) is 25.7 Å². The van der Waals surface area contributed by atoms with E-state index in [1.165, 1.54) is 12.7 Å². The number of carbonyl (C=O) groups is 1. The molecule has 9 saturated heterocycles. The van der Waals surface area contributed by atoms with E-state index in [0.717, 1.165) is 50.4 Å². The summed E-state index contributed by atoms with van der Waals surface area (Å²) in [4.78, 5) is 13.9. The van der Waals surface area contributed by atoms with Crippen molar-refractivity contribution in [1.29, 1.82) is 0 Å². The van der Waals surface area contributed by atoms with E-state index in [1.54, 1.807) is 0 Å². The number of carbonyl (C=O) groups excluding carboxylic acids is 1. The van der Waals surface area contributed by atoms with Crippen LogP contribution in [0.2, 0.25) is 0 Å². The van der Waals surface area contributed by atoms with Gasteiger partial charge >= 0.3 is 5.97 Å². The summed E-state index contributed by atoms with van der Waals surface area (Å²) in [5.74, 6) is -0.764. The maximum absolute atomic E-state index is 13.9. The fourth-order valence-electron chi connectivity index (χ4n) is 11.8. The molecule has 13 nitrogen and oxygen atoms in total. The maximum Gasteiger partial charge on any atom is 0.308 e. The molecule has 2 unspecified atom stereocenters. The summed E-state index contributed by atoms with van der Waals surface area (Å²) in [6, 6.07) is 0. The fourth-order valence-corrected chi connectivity index (χ4v) is 12.6. The molecule has 10 rings (SSSR count). The molecule has 1 N–H and O–H groups in total. The zero-order valence-electron chi connectivity index (χ0n) is 32.5. The highest BCUT2D eigenvalue weighted by atomic mass is 32.2. The molecule has 55 heavy (non-hydrogen) atoms. The van der Waals surface area contributed by atoms with Gasteiger partial charge in [-0.15, -0.1) is 0 Å². The van der Waals surface area contributed by atoms with Crippen LogP contribution in [0.3, 0.4) is 0 Å². The molecule has 9 aliphatic heterocycles. The van der Waals surface area contributed by atoms with Gasteiger partial charge in [0.1, 0.15) is 46.5 Å². The van der Waals surface area contributed by atoms with Crippen molar-refractivity contribution in [2.75, 3.05) is 19.1 Å². The number of fused-ring (bicyclic) bond motifs is 6. The van der Waals surface area contributed by atoms with E-state index in [-0.39, 0.29) is 61.5 Å². The average Bonchev–Trinajstić information content (AvgIpc) is 3.79. The van der Waals surface area contributed by atoms with Crippen molar-refractivity contribution in [3.05, 3.63) is 24.3 Å². The number of hydrogen-bond donors (Lipinski definition) is 1. The molecule has 14 heteroatoms. The molecule has 1 spiro atoms. The van der Waals surface area contributed by atoms with E-state index in [0.29, 0.717) is 43.9 Å². The molecule has 0 aromatic rings. The molecule has 10 fully saturated rings. The first kappa shape index (κ1) is 39.0. The first-order chi connectivity index (χ1) is 26.2. The normalized spacial score (nSPS) is 50.3. The lowest BCUT2D eigenvalue weighted by molar-refractivity contribution is -0.293. The van der Waals surface area contributed by atoms with E-state index >= 15 is 0 Å². The third-order valence-corrected chi connectivity index (χ3v) is 15.3. The van der Waals surface area contributed by atoms with Crippen LogP contribution in [0.15, 0.2) is 24.3 Å². The lowest BCUT2D eigenvalue weighted by Crippen LogP contribution is -2.61. The van der Waals surface area contributed by atoms with Crippen LogP contribution in [0.25, 0.3) is 0 Å². The predicted molar refractivity (Wildman–Crippen MR) is 197 cm³/mol. The van der Waals surface area contributed by atoms with Gasteiger partial charge in [0, 0.05) is 32.6 Å². The molecule has 9 heterocycles. The molecule has 10 aliphatic rings.